The topological polar surface area (TPSA) is 83.6 Å². The highest BCUT2D eigenvalue weighted by atomic mass is 16.2. The summed E-state index contributed by atoms with van der Waals surface area (Å²) in [5.41, 5.74) is 1.78. The third kappa shape index (κ3) is 1.95. The number of aryl methyl sites for hydroxylation is 1. The van der Waals surface area contributed by atoms with E-state index in [1.54, 1.807) is 18.5 Å². The van der Waals surface area contributed by atoms with E-state index in [0.29, 0.717) is 28.8 Å². The third-order valence-corrected chi connectivity index (χ3v) is 3.87. The average Bonchev–Trinajstić information content (AvgIpc) is 2.79. The molecule has 0 aliphatic heterocycles. The summed E-state index contributed by atoms with van der Waals surface area (Å²) >= 11 is 0. The molecule has 3 rings (SSSR count). The lowest BCUT2D eigenvalue weighted by Crippen LogP contribution is -2.29. The second kappa shape index (κ2) is 5.04. The zero-order chi connectivity index (χ0) is 15.9. The Morgan fingerprint density at radius 1 is 1.18 bits per heavy atom. The van der Waals surface area contributed by atoms with E-state index in [2.05, 4.69) is 11.1 Å². The molecule has 3 aromatic rings. The van der Waals surface area contributed by atoms with Gasteiger partial charge < -0.3 is 4.57 Å². The Morgan fingerprint density at radius 3 is 2.50 bits per heavy atom. The fourth-order valence-electron chi connectivity index (χ4n) is 2.72. The van der Waals surface area contributed by atoms with Gasteiger partial charge in [-0.25, -0.2) is 4.79 Å². The minimum absolute atomic E-state index is 0.347. The van der Waals surface area contributed by atoms with Gasteiger partial charge in [-0.15, -0.1) is 0 Å². The summed E-state index contributed by atoms with van der Waals surface area (Å²) in [4.78, 5) is 26.3. The number of rotatable bonds is 2. The van der Waals surface area contributed by atoms with Crippen LogP contribution in [0.25, 0.3) is 11.0 Å². The van der Waals surface area contributed by atoms with Crippen molar-refractivity contribution in [2.75, 3.05) is 0 Å². The number of aromatic nitrogens is 3. The van der Waals surface area contributed by atoms with Gasteiger partial charge in [-0.3, -0.25) is 14.3 Å². The molecular formula is C16H14N4O2. The Morgan fingerprint density at radius 2 is 1.86 bits per heavy atom. The van der Waals surface area contributed by atoms with Crippen LogP contribution < -0.4 is 11.2 Å². The fraction of sp³-hybridized carbons (Fsp3) is 0.188. The lowest BCUT2D eigenvalue weighted by atomic mass is 10.2. The Kier molecular flexibility index (Phi) is 3.18. The molecule has 0 fully saturated rings. The second-order valence-electron chi connectivity index (χ2n) is 5.16. The molecule has 110 valence electrons. The van der Waals surface area contributed by atoms with E-state index in [1.165, 1.54) is 4.57 Å². The molecule has 0 spiro atoms. The second-order valence-corrected chi connectivity index (χ2v) is 5.16. The van der Waals surface area contributed by atoms with Crippen molar-refractivity contribution in [3.8, 4) is 6.07 Å². The molecule has 2 aromatic heterocycles. The van der Waals surface area contributed by atoms with Gasteiger partial charge in [0.25, 0.3) is 5.56 Å². The molecule has 6 heteroatoms. The number of nitrogens with zero attached hydrogens (tertiary/aromatic N) is 3. The van der Waals surface area contributed by atoms with Gasteiger partial charge in [0.05, 0.1) is 11.1 Å². The maximum Gasteiger partial charge on any atom is 0.328 e. The van der Waals surface area contributed by atoms with E-state index in [9.17, 15) is 14.9 Å². The molecule has 6 nitrogen and oxygen atoms in total. The molecule has 0 aliphatic carbocycles. The molecule has 0 amide bonds. The predicted molar refractivity (Wildman–Crippen MR) is 82.8 cm³/mol. The maximum absolute atomic E-state index is 12.2. The van der Waals surface area contributed by atoms with Crippen LogP contribution >= 0.6 is 0 Å². The van der Waals surface area contributed by atoms with Crippen molar-refractivity contribution in [1.29, 1.82) is 5.26 Å². The largest absolute Gasteiger partial charge is 0.333 e. The number of nitrogens with one attached hydrogen (secondary N) is 1. The fourth-order valence-corrected chi connectivity index (χ4v) is 2.72. The molecule has 22 heavy (non-hydrogen) atoms. The van der Waals surface area contributed by atoms with E-state index in [1.807, 2.05) is 30.3 Å². The van der Waals surface area contributed by atoms with Crippen LogP contribution in [0.4, 0.5) is 0 Å². The van der Waals surface area contributed by atoms with E-state index in [0.717, 1.165) is 5.56 Å². The van der Waals surface area contributed by atoms with Crippen molar-refractivity contribution < 1.29 is 0 Å². The summed E-state index contributed by atoms with van der Waals surface area (Å²) < 4.78 is 3.09. The maximum atomic E-state index is 12.2. The molecule has 0 aliphatic rings. The first-order valence-electron chi connectivity index (χ1n) is 6.80. The van der Waals surface area contributed by atoms with Crippen LogP contribution in [-0.2, 0) is 13.6 Å². The Labute approximate surface area is 125 Å². The third-order valence-electron chi connectivity index (χ3n) is 3.87. The van der Waals surface area contributed by atoms with Gasteiger partial charge in [0.2, 0.25) is 0 Å². The number of H-pyrrole nitrogens is 1. The highest BCUT2D eigenvalue weighted by molar-refractivity contribution is 5.84. The van der Waals surface area contributed by atoms with Crippen LogP contribution in [-0.4, -0.2) is 14.1 Å². The van der Waals surface area contributed by atoms with Crippen LogP contribution in [0.3, 0.4) is 0 Å². The minimum atomic E-state index is -0.522. The number of fused-ring (bicyclic) bond motifs is 1. The molecule has 2 heterocycles. The Bertz CT molecular complexity index is 1020. The van der Waals surface area contributed by atoms with Crippen LogP contribution in [0.15, 0.2) is 39.9 Å². The lowest BCUT2D eigenvalue weighted by Gasteiger charge is -2.08. The summed E-state index contributed by atoms with van der Waals surface area (Å²) in [7, 11) is 1.55. The lowest BCUT2D eigenvalue weighted by molar-refractivity contribution is 0.787. The SMILES string of the molecule is Cc1c(C#N)c2c(c(=O)[nH]c(=O)n2C)n1Cc1ccccc1. The summed E-state index contributed by atoms with van der Waals surface area (Å²) in [6.45, 7) is 2.25. The highest BCUT2D eigenvalue weighted by Crippen LogP contribution is 2.22. The van der Waals surface area contributed by atoms with Crippen LogP contribution in [0.5, 0.6) is 0 Å². The van der Waals surface area contributed by atoms with Crippen LogP contribution in [0, 0.1) is 18.3 Å². The van der Waals surface area contributed by atoms with E-state index in [-0.39, 0.29) is 0 Å². The molecule has 0 bridgehead atoms. The molecule has 0 saturated heterocycles. The molecular weight excluding hydrogens is 280 g/mol. The summed E-state index contributed by atoms with van der Waals surface area (Å²) in [6.07, 6.45) is 0. The summed E-state index contributed by atoms with van der Waals surface area (Å²) in [6, 6.07) is 11.8. The molecule has 0 saturated carbocycles. The van der Waals surface area contributed by atoms with Gasteiger partial charge in [0.1, 0.15) is 11.6 Å². The van der Waals surface area contributed by atoms with Crippen molar-refractivity contribution in [2.24, 2.45) is 7.05 Å². The number of nitriles is 1. The first kappa shape index (κ1) is 13.9. The number of aromatic amines is 1. The van der Waals surface area contributed by atoms with Crippen molar-refractivity contribution in [3.05, 3.63) is 68.0 Å². The van der Waals surface area contributed by atoms with E-state index < -0.39 is 11.2 Å². The number of benzene rings is 1. The smallest absolute Gasteiger partial charge is 0.328 e. The standard InChI is InChI=1S/C16H14N4O2/c1-10-12(8-17)13-14(15(21)18-16(22)19(13)2)20(10)9-11-6-4-3-5-7-11/h3-7H,9H2,1-2H3,(H,18,21,22). The van der Waals surface area contributed by atoms with Crippen molar-refractivity contribution in [3.63, 3.8) is 0 Å². The van der Waals surface area contributed by atoms with E-state index in [4.69, 9.17) is 0 Å². The number of hydrogen-bond donors (Lipinski definition) is 1. The van der Waals surface area contributed by atoms with E-state index >= 15 is 0 Å². The first-order valence-corrected chi connectivity index (χ1v) is 6.80. The zero-order valence-corrected chi connectivity index (χ0v) is 12.3. The normalized spacial score (nSPS) is 10.8. The van der Waals surface area contributed by atoms with Gasteiger partial charge in [0, 0.05) is 19.3 Å². The molecule has 0 radical (unpaired) electrons. The highest BCUT2D eigenvalue weighted by Gasteiger charge is 2.20. The minimum Gasteiger partial charge on any atom is -0.333 e. The quantitative estimate of drug-likeness (QED) is 0.772. The van der Waals surface area contributed by atoms with Gasteiger partial charge >= 0.3 is 5.69 Å². The van der Waals surface area contributed by atoms with Crippen LogP contribution in [0.1, 0.15) is 16.8 Å². The Balaban J connectivity index is 2.39. The van der Waals surface area contributed by atoms with Gasteiger partial charge in [-0.2, -0.15) is 5.26 Å². The molecule has 0 unspecified atom stereocenters. The summed E-state index contributed by atoms with van der Waals surface area (Å²) in [5, 5.41) is 9.41. The summed E-state index contributed by atoms with van der Waals surface area (Å²) in [5.74, 6) is 0. The van der Waals surface area contributed by atoms with Gasteiger partial charge in [-0.1, -0.05) is 30.3 Å². The zero-order valence-electron chi connectivity index (χ0n) is 12.3. The first-order chi connectivity index (χ1) is 10.5. The van der Waals surface area contributed by atoms with Crippen molar-refractivity contribution >= 4 is 11.0 Å². The van der Waals surface area contributed by atoms with Gasteiger partial charge in [-0.05, 0) is 12.5 Å². The molecule has 1 N–H and O–H groups in total. The average molecular weight is 294 g/mol. The monoisotopic (exact) mass is 294 g/mol. The number of hydrogen-bond acceptors (Lipinski definition) is 3. The molecule has 0 atom stereocenters. The predicted octanol–water partition coefficient (Wildman–Crippen LogP) is 1.26. The van der Waals surface area contributed by atoms with Gasteiger partial charge in [0.15, 0.2) is 0 Å². The molecule has 1 aromatic carbocycles. The van der Waals surface area contributed by atoms with Crippen molar-refractivity contribution in [2.45, 2.75) is 13.5 Å². The van der Waals surface area contributed by atoms with Crippen molar-refractivity contribution in [1.82, 2.24) is 14.1 Å². The Hall–Kier alpha value is -3.07. The van der Waals surface area contributed by atoms with Crippen LogP contribution in [0.2, 0.25) is 0 Å².